The molecule has 1 saturated heterocycles. The first kappa shape index (κ1) is 14.8. The van der Waals surface area contributed by atoms with Crippen LogP contribution in [0.4, 0.5) is 0 Å². The normalized spacial score (nSPS) is 23.2. The average molecular weight is 296 g/mol. The zero-order valence-corrected chi connectivity index (χ0v) is 13.5. The first-order chi connectivity index (χ1) is 9.04. The number of thioether (sulfide) groups is 2. The Kier molecular flexibility index (Phi) is 4.85. The van der Waals surface area contributed by atoms with Crippen molar-refractivity contribution in [3.8, 4) is 5.75 Å². The van der Waals surface area contributed by atoms with Gasteiger partial charge in [-0.15, -0.1) is 11.8 Å². The summed E-state index contributed by atoms with van der Waals surface area (Å²) < 4.78 is 5.31. The largest absolute Gasteiger partial charge is 0.496 e. The third-order valence-corrected chi connectivity index (χ3v) is 6.54. The van der Waals surface area contributed by atoms with Crippen molar-refractivity contribution < 1.29 is 9.53 Å². The highest BCUT2D eigenvalue weighted by Crippen LogP contribution is 2.34. The maximum absolute atomic E-state index is 12.7. The Morgan fingerprint density at radius 2 is 1.89 bits per heavy atom. The molecule has 2 unspecified atom stereocenters. The second kappa shape index (κ2) is 6.23. The lowest BCUT2D eigenvalue weighted by Gasteiger charge is -2.27. The minimum atomic E-state index is 0.0882. The van der Waals surface area contributed by atoms with Gasteiger partial charge in [0, 0.05) is 22.3 Å². The lowest BCUT2D eigenvalue weighted by atomic mass is 9.98. The van der Waals surface area contributed by atoms with Crippen LogP contribution in [0.15, 0.2) is 12.1 Å². The lowest BCUT2D eigenvalue weighted by molar-refractivity contribution is 0.0989. The van der Waals surface area contributed by atoms with E-state index in [9.17, 15) is 4.79 Å². The second-order valence-electron chi connectivity index (χ2n) is 4.87. The minimum absolute atomic E-state index is 0.0882. The number of aryl methyl sites for hydroxylation is 2. The average Bonchev–Trinajstić information content (AvgIpc) is 2.40. The molecular formula is C15H20O2S2. The molecule has 2 atom stereocenters. The van der Waals surface area contributed by atoms with Gasteiger partial charge in [0.2, 0.25) is 0 Å². The smallest absolute Gasteiger partial charge is 0.177 e. The molecule has 0 amide bonds. The molecule has 1 fully saturated rings. The van der Waals surface area contributed by atoms with Crippen LogP contribution in [-0.2, 0) is 0 Å². The molecule has 4 heteroatoms. The van der Waals surface area contributed by atoms with Gasteiger partial charge in [0.05, 0.1) is 12.4 Å². The molecule has 0 saturated carbocycles. The molecule has 2 rings (SSSR count). The Bertz CT molecular complexity index is 485. The number of ketones is 1. The van der Waals surface area contributed by atoms with Crippen molar-refractivity contribution in [3.63, 3.8) is 0 Å². The Balaban J connectivity index is 2.30. The van der Waals surface area contributed by atoms with Crippen LogP contribution >= 0.6 is 23.5 Å². The number of carbonyl (C=O) groups excluding carboxylic acids is 1. The standard InChI is InChI=1S/C15H20O2S2/c1-9-8-13(17-4)10(2)7-12(9)14(16)15-11(3)18-5-6-19-15/h7-8,11,15H,5-6H2,1-4H3. The molecule has 1 aromatic carbocycles. The molecule has 1 aromatic rings. The summed E-state index contributed by atoms with van der Waals surface area (Å²) in [6.45, 7) is 6.13. The Morgan fingerprint density at radius 1 is 1.21 bits per heavy atom. The van der Waals surface area contributed by atoms with Gasteiger partial charge in [0.1, 0.15) is 5.75 Å². The van der Waals surface area contributed by atoms with Crippen molar-refractivity contribution in [2.75, 3.05) is 18.6 Å². The van der Waals surface area contributed by atoms with E-state index in [2.05, 4.69) is 6.92 Å². The van der Waals surface area contributed by atoms with E-state index < -0.39 is 0 Å². The van der Waals surface area contributed by atoms with Crippen molar-refractivity contribution in [2.45, 2.75) is 31.3 Å². The van der Waals surface area contributed by atoms with Gasteiger partial charge >= 0.3 is 0 Å². The quantitative estimate of drug-likeness (QED) is 0.794. The van der Waals surface area contributed by atoms with E-state index in [-0.39, 0.29) is 11.0 Å². The van der Waals surface area contributed by atoms with Crippen LogP contribution in [0.1, 0.15) is 28.4 Å². The van der Waals surface area contributed by atoms with E-state index in [0.717, 1.165) is 33.9 Å². The van der Waals surface area contributed by atoms with E-state index in [4.69, 9.17) is 4.74 Å². The summed E-state index contributed by atoms with van der Waals surface area (Å²) in [5, 5.41) is 0.485. The fourth-order valence-corrected chi connectivity index (χ4v) is 5.06. The Labute approximate surface area is 123 Å². The number of hydrogen-bond acceptors (Lipinski definition) is 4. The van der Waals surface area contributed by atoms with Gasteiger partial charge in [-0.3, -0.25) is 4.79 Å². The predicted molar refractivity (Wildman–Crippen MR) is 85.0 cm³/mol. The van der Waals surface area contributed by atoms with Crippen molar-refractivity contribution >= 4 is 29.3 Å². The molecule has 0 spiro atoms. The molecule has 0 radical (unpaired) electrons. The summed E-state index contributed by atoms with van der Waals surface area (Å²) in [5.74, 6) is 3.34. The van der Waals surface area contributed by atoms with Crippen molar-refractivity contribution in [2.24, 2.45) is 0 Å². The summed E-state index contributed by atoms with van der Waals surface area (Å²) in [7, 11) is 1.67. The number of carbonyl (C=O) groups is 1. The highest BCUT2D eigenvalue weighted by molar-refractivity contribution is 8.07. The van der Waals surface area contributed by atoms with Crippen LogP contribution in [0.2, 0.25) is 0 Å². The van der Waals surface area contributed by atoms with Gasteiger partial charge in [-0.25, -0.2) is 0 Å². The van der Waals surface area contributed by atoms with Crippen LogP contribution < -0.4 is 4.74 Å². The van der Waals surface area contributed by atoms with Crippen LogP contribution in [0.3, 0.4) is 0 Å². The molecule has 1 aliphatic rings. The molecule has 1 heterocycles. The maximum atomic E-state index is 12.7. The number of benzene rings is 1. The van der Waals surface area contributed by atoms with Crippen molar-refractivity contribution in [1.82, 2.24) is 0 Å². The highest BCUT2D eigenvalue weighted by atomic mass is 32.2. The number of Topliss-reactive ketones (excluding diaryl/α,β-unsaturated/α-hetero) is 1. The Hall–Kier alpha value is -0.610. The molecule has 19 heavy (non-hydrogen) atoms. The SMILES string of the molecule is COc1cc(C)c(C(=O)C2SCCSC2C)cc1C. The van der Waals surface area contributed by atoms with Crippen LogP contribution in [0, 0.1) is 13.8 Å². The first-order valence-electron chi connectivity index (χ1n) is 6.47. The second-order valence-corrected chi connectivity index (χ2v) is 7.60. The number of methoxy groups -OCH3 is 1. The van der Waals surface area contributed by atoms with Crippen molar-refractivity contribution in [1.29, 1.82) is 0 Å². The summed E-state index contributed by atoms with van der Waals surface area (Å²) in [6.07, 6.45) is 0. The van der Waals surface area contributed by atoms with Gasteiger partial charge in [0.15, 0.2) is 5.78 Å². The van der Waals surface area contributed by atoms with E-state index >= 15 is 0 Å². The van der Waals surface area contributed by atoms with E-state index in [1.54, 1.807) is 18.9 Å². The van der Waals surface area contributed by atoms with Gasteiger partial charge < -0.3 is 4.74 Å². The molecule has 1 aliphatic heterocycles. The molecule has 0 aliphatic carbocycles. The summed E-state index contributed by atoms with van der Waals surface area (Å²) in [6, 6.07) is 3.94. The van der Waals surface area contributed by atoms with Gasteiger partial charge in [0.25, 0.3) is 0 Å². The molecule has 0 N–H and O–H groups in total. The lowest BCUT2D eigenvalue weighted by Crippen LogP contribution is -2.31. The topological polar surface area (TPSA) is 26.3 Å². The summed E-state index contributed by atoms with van der Waals surface area (Å²) in [4.78, 5) is 12.7. The van der Waals surface area contributed by atoms with E-state index in [1.807, 2.05) is 37.7 Å². The fourth-order valence-electron chi connectivity index (χ4n) is 2.35. The molecule has 0 bridgehead atoms. The van der Waals surface area contributed by atoms with Gasteiger partial charge in [-0.1, -0.05) is 6.92 Å². The number of ether oxygens (including phenoxy) is 1. The highest BCUT2D eigenvalue weighted by Gasteiger charge is 2.30. The monoisotopic (exact) mass is 296 g/mol. The van der Waals surface area contributed by atoms with Crippen LogP contribution in [-0.4, -0.2) is 34.9 Å². The van der Waals surface area contributed by atoms with Crippen LogP contribution in [0.5, 0.6) is 5.75 Å². The molecular weight excluding hydrogens is 276 g/mol. The summed E-state index contributed by atoms with van der Waals surface area (Å²) in [5.41, 5.74) is 2.89. The summed E-state index contributed by atoms with van der Waals surface area (Å²) >= 11 is 3.70. The predicted octanol–water partition coefficient (Wildman–Crippen LogP) is 3.73. The van der Waals surface area contributed by atoms with E-state index in [1.165, 1.54) is 0 Å². The van der Waals surface area contributed by atoms with Gasteiger partial charge in [-0.05, 0) is 37.1 Å². The Morgan fingerprint density at radius 3 is 2.53 bits per heavy atom. The number of hydrogen-bond donors (Lipinski definition) is 0. The zero-order chi connectivity index (χ0) is 14.0. The minimum Gasteiger partial charge on any atom is -0.496 e. The maximum Gasteiger partial charge on any atom is 0.177 e. The third kappa shape index (κ3) is 3.11. The molecule has 0 aromatic heterocycles. The van der Waals surface area contributed by atoms with Crippen LogP contribution in [0.25, 0.3) is 0 Å². The number of rotatable bonds is 3. The van der Waals surface area contributed by atoms with Gasteiger partial charge in [-0.2, -0.15) is 11.8 Å². The zero-order valence-electron chi connectivity index (χ0n) is 11.9. The molecule has 104 valence electrons. The first-order valence-corrected chi connectivity index (χ1v) is 8.57. The van der Waals surface area contributed by atoms with E-state index in [0.29, 0.717) is 5.25 Å². The third-order valence-electron chi connectivity index (χ3n) is 3.45. The van der Waals surface area contributed by atoms with Crippen molar-refractivity contribution in [3.05, 3.63) is 28.8 Å². The fraction of sp³-hybridized carbons (Fsp3) is 0.533. The molecule has 2 nitrogen and oxygen atoms in total.